The summed E-state index contributed by atoms with van der Waals surface area (Å²) in [7, 11) is 0. The van der Waals surface area contributed by atoms with Crippen molar-refractivity contribution < 1.29 is 26.3 Å². The first-order chi connectivity index (χ1) is 20.1. The summed E-state index contributed by atoms with van der Waals surface area (Å²) >= 11 is 0. The van der Waals surface area contributed by atoms with Crippen LogP contribution >= 0.6 is 0 Å². The Hall–Kier alpha value is -5.30. The summed E-state index contributed by atoms with van der Waals surface area (Å²) in [6.07, 6.45) is -7.69. The monoisotopic (exact) mass is 570 g/mol. The lowest BCUT2D eigenvalue weighted by Crippen LogP contribution is -2.09. The summed E-state index contributed by atoms with van der Waals surface area (Å²) in [5, 5.41) is 12.0. The average molecular weight is 570 g/mol. The fourth-order valence-electron chi connectivity index (χ4n) is 5.68. The Morgan fingerprint density at radius 3 is 1.57 bits per heavy atom. The van der Waals surface area contributed by atoms with Gasteiger partial charge in [0, 0.05) is 27.7 Å². The van der Waals surface area contributed by atoms with Crippen molar-refractivity contribution in [2.45, 2.75) is 12.4 Å². The van der Waals surface area contributed by atoms with Gasteiger partial charge in [-0.1, -0.05) is 36.4 Å². The van der Waals surface area contributed by atoms with E-state index in [0.717, 1.165) is 24.3 Å². The van der Waals surface area contributed by atoms with Crippen molar-refractivity contribution in [3.63, 3.8) is 0 Å². The number of halogens is 6. The molecule has 4 aromatic carbocycles. The lowest BCUT2D eigenvalue weighted by molar-refractivity contribution is -0.138. The molecule has 0 atom stereocenters. The van der Waals surface area contributed by atoms with Crippen molar-refractivity contribution >= 4 is 43.6 Å². The molecular formula is C32H16F6N4. The number of alkyl halides is 6. The molecule has 10 heteroatoms. The molecule has 0 bridgehead atoms. The fraction of sp³-hybridized carbons (Fsp3) is 0.0625. The third kappa shape index (κ3) is 3.74. The number of para-hydroxylation sites is 2. The molecule has 0 aliphatic carbocycles. The molecule has 0 saturated carbocycles. The summed E-state index contributed by atoms with van der Waals surface area (Å²) in [4.78, 5) is 4.62. The normalized spacial score (nSPS) is 12.5. The number of rotatable bonds is 2. The van der Waals surface area contributed by atoms with Crippen LogP contribution in [0, 0.1) is 11.3 Å². The van der Waals surface area contributed by atoms with Gasteiger partial charge in [-0.25, -0.2) is 4.98 Å². The Kier molecular flexibility index (Phi) is 5.40. The Morgan fingerprint density at radius 1 is 0.571 bits per heavy atom. The van der Waals surface area contributed by atoms with Gasteiger partial charge in [-0.2, -0.15) is 31.6 Å². The zero-order valence-electron chi connectivity index (χ0n) is 21.3. The van der Waals surface area contributed by atoms with Crippen LogP contribution < -0.4 is 0 Å². The minimum Gasteiger partial charge on any atom is -0.305 e. The van der Waals surface area contributed by atoms with Crippen LogP contribution in [0.15, 0.2) is 97.2 Å². The van der Waals surface area contributed by atoms with Crippen molar-refractivity contribution in [2.75, 3.05) is 0 Å². The third-order valence-electron chi connectivity index (χ3n) is 7.46. The first-order valence-electron chi connectivity index (χ1n) is 12.7. The maximum atomic E-state index is 13.7. The summed E-state index contributed by atoms with van der Waals surface area (Å²) in [6.45, 7) is 0. The molecule has 206 valence electrons. The molecule has 3 aromatic heterocycles. The van der Waals surface area contributed by atoms with E-state index in [4.69, 9.17) is 0 Å². The number of hydrogen-bond donors (Lipinski definition) is 0. The first-order valence-corrected chi connectivity index (χ1v) is 12.7. The number of aromatic nitrogens is 3. The SMILES string of the molecule is N#Cc1ccnc(-n2c3ccccc3c3cc(C(F)(F)F)ccc32)c1-n1c2ccccc2c2cc(C(F)(F)F)ccc21. The quantitative estimate of drug-likeness (QED) is 0.195. The number of nitriles is 1. The van der Waals surface area contributed by atoms with Crippen molar-refractivity contribution in [2.24, 2.45) is 0 Å². The summed E-state index contributed by atoms with van der Waals surface area (Å²) < 4.78 is 85.4. The number of hydrogen-bond acceptors (Lipinski definition) is 2. The van der Waals surface area contributed by atoms with Gasteiger partial charge in [0.2, 0.25) is 0 Å². The predicted octanol–water partition coefficient (Wildman–Crippen LogP) is 9.19. The molecular weight excluding hydrogens is 554 g/mol. The highest BCUT2D eigenvalue weighted by Gasteiger charge is 2.33. The molecule has 0 amide bonds. The van der Waals surface area contributed by atoms with Gasteiger partial charge in [0.1, 0.15) is 11.8 Å². The van der Waals surface area contributed by atoms with Crippen LogP contribution in [0.5, 0.6) is 0 Å². The fourth-order valence-corrected chi connectivity index (χ4v) is 5.68. The molecule has 0 fully saturated rings. The van der Waals surface area contributed by atoms with Crippen molar-refractivity contribution in [3.05, 3.63) is 114 Å². The van der Waals surface area contributed by atoms with Gasteiger partial charge in [-0.05, 0) is 54.6 Å². The van der Waals surface area contributed by atoms with E-state index in [9.17, 15) is 31.6 Å². The number of pyridine rings is 1. The Bertz CT molecular complexity index is 2250. The van der Waals surface area contributed by atoms with Gasteiger partial charge in [0.25, 0.3) is 0 Å². The number of fused-ring (bicyclic) bond motifs is 6. The lowest BCUT2D eigenvalue weighted by atomic mass is 10.1. The van der Waals surface area contributed by atoms with E-state index >= 15 is 0 Å². The molecule has 0 N–H and O–H groups in total. The minimum absolute atomic E-state index is 0.181. The first kappa shape index (κ1) is 25.7. The van der Waals surface area contributed by atoms with Crippen LogP contribution in [0.3, 0.4) is 0 Å². The van der Waals surface area contributed by atoms with Crippen LogP contribution in [0.4, 0.5) is 26.3 Å². The van der Waals surface area contributed by atoms with E-state index in [-0.39, 0.29) is 17.1 Å². The van der Waals surface area contributed by atoms with Crippen LogP contribution in [0.25, 0.3) is 55.1 Å². The molecule has 0 aliphatic heterocycles. The molecule has 7 rings (SSSR count). The Morgan fingerprint density at radius 2 is 1.05 bits per heavy atom. The zero-order chi connectivity index (χ0) is 29.4. The van der Waals surface area contributed by atoms with Gasteiger partial charge in [0.05, 0.1) is 38.8 Å². The maximum Gasteiger partial charge on any atom is 0.416 e. The Labute approximate surface area is 233 Å². The van der Waals surface area contributed by atoms with Gasteiger partial charge in [0.15, 0.2) is 5.82 Å². The van der Waals surface area contributed by atoms with Crippen LogP contribution in [-0.2, 0) is 12.4 Å². The second-order valence-corrected chi connectivity index (χ2v) is 9.81. The topological polar surface area (TPSA) is 46.5 Å². The summed E-state index contributed by atoms with van der Waals surface area (Å²) in [6, 6.07) is 24.4. The van der Waals surface area contributed by atoms with E-state index < -0.39 is 23.5 Å². The molecule has 0 saturated heterocycles. The molecule has 0 spiro atoms. The zero-order valence-corrected chi connectivity index (χ0v) is 21.3. The molecule has 0 aliphatic rings. The largest absolute Gasteiger partial charge is 0.416 e. The predicted molar refractivity (Wildman–Crippen MR) is 148 cm³/mol. The van der Waals surface area contributed by atoms with Gasteiger partial charge in [-0.15, -0.1) is 0 Å². The standard InChI is InChI=1S/C32H16F6N4/c33-31(34,35)19-9-11-27-23(15-19)21-5-1-3-7-25(21)41(27)29-18(17-39)13-14-40-30(29)42-26-8-4-2-6-22(26)24-16-20(32(36,37)38)10-12-28(24)42/h1-16H. The lowest BCUT2D eigenvalue weighted by Gasteiger charge is -2.17. The van der Waals surface area contributed by atoms with Crippen LogP contribution in [0.1, 0.15) is 16.7 Å². The van der Waals surface area contributed by atoms with Gasteiger partial charge < -0.3 is 4.57 Å². The highest BCUT2D eigenvalue weighted by atomic mass is 19.4. The molecule has 7 aromatic rings. The highest BCUT2D eigenvalue weighted by molar-refractivity contribution is 6.11. The van der Waals surface area contributed by atoms with Crippen LogP contribution in [0.2, 0.25) is 0 Å². The molecule has 0 unspecified atom stereocenters. The maximum absolute atomic E-state index is 13.7. The minimum atomic E-state index is -4.56. The van der Waals surface area contributed by atoms with Crippen LogP contribution in [-0.4, -0.2) is 14.1 Å². The van der Waals surface area contributed by atoms with Crippen molar-refractivity contribution in [1.82, 2.24) is 14.1 Å². The van der Waals surface area contributed by atoms with Gasteiger partial charge >= 0.3 is 12.4 Å². The average Bonchev–Trinajstić information content (AvgIpc) is 3.48. The smallest absolute Gasteiger partial charge is 0.305 e. The van der Waals surface area contributed by atoms with E-state index in [1.165, 1.54) is 24.4 Å². The highest BCUT2D eigenvalue weighted by Crippen LogP contribution is 2.41. The van der Waals surface area contributed by atoms with Crippen molar-refractivity contribution in [3.8, 4) is 17.6 Å². The van der Waals surface area contributed by atoms with E-state index in [2.05, 4.69) is 11.1 Å². The van der Waals surface area contributed by atoms with E-state index in [0.29, 0.717) is 43.6 Å². The summed E-state index contributed by atoms with van der Waals surface area (Å²) in [5.74, 6) is 0.238. The van der Waals surface area contributed by atoms with E-state index in [1.807, 2.05) is 0 Å². The number of nitrogens with zero attached hydrogens (tertiary/aromatic N) is 4. The molecule has 4 nitrogen and oxygen atoms in total. The van der Waals surface area contributed by atoms with E-state index in [1.54, 1.807) is 57.7 Å². The number of benzene rings is 4. The summed E-state index contributed by atoms with van der Waals surface area (Å²) in [5.41, 5.74) is 0.776. The molecule has 0 radical (unpaired) electrons. The molecule has 42 heavy (non-hydrogen) atoms. The second kappa shape index (κ2) is 8.85. The van der Waals surface area contributed by atoms with Crippen molar-refractivity contribution in [1.29, 1.82) is 5.26 Å². The third-order valence-corrected chi connectivity index (χ3v) is 7.46. The Balaban J connectivity index is 1.63. The molecule has 3 heterocycles. The van der Waals surface area contributed by atoms with Gasteiger partial charge in [-0.3, -0.25) is 4.57 Å². The second-order valence-electron chi connectivity index (χ2n) is 9.81.